The summed E-state index contributed by atoms with van der Waals surface area (Å²) < 4.78 is 12.4. The van der Waals surface area contributed by atoms with E-state index in [2.05, 4.69) is 4.98 Å². The quantitative estimate of drug-likeness (QED) is 0.780. The molecule has 0 radical (unpaired) electrons. The molecule has 1 amide bonds. The lowest BCUT2D eigenvalue weighted by Crippen LogP contribution is -2.37. The Kier molecular flexibility index (Phi) is 4.30. The second-order valence-corrected chi connectivity index (χ2v) is 6.98. The van der Waals surface area contributed by atoms with E-state index in [0.29, 0.717) is 57.1 Å². The van der Waals surface area contributed by atoms with Gasteiger partial charge in [0.25, 0.3) is 5.91 Å². The Morgan fingerprint density at radius 2 is 2.28 bits per heavy atom. The number of aromatic nitrogens is 2. The third-order valence-electron chi connectivity index (χ3n) is 4.58. The Labute approximate surface area is 149 Å². The Balaban J connectivity index is 1.54. The van der Waals surface area contributed by atoms with Crippen molar-refractivity contribution in [1.29, 1.82) is 0 Å². The van der Waals surface area contributed by atoms with Crippen LogP contribution in [0.25, 0.3) is 0 Å². The molecule has 0 atom stereocenters. The van der Waals surface area contributed by atoms with Gasteiger partial charge in [-0.25, -0.2) is 9.78 Å². The highest BCUT2D eigenvalue weighted by Gasteiger charge is 2.29. The van der Waals surface area contributed by atoms with Crippen LogP contribution in [0.3, 0.4) is 0 Å². The van der Waals surface area contributed by atoms with Crippen molar-refractivity contribution in [3.63, 3.8) is 0 Å². The molecule has 2 aromatic rings. The summed E-state index contributed by atoms with van der Waals surface area (Å²) in [5.41, 5.74) is 2.29. The Hall–Kier alpha value is -2.19. The minimum absolute atomic E-state index is 0.0163. The van der Waals surface area contributed by atoms with Crippen molar-refractivity contribution in [3.05, 3.63) is 39.1 Å². The van der Waals surface area contributed by atoms with E-state index in [0.717, 1.165) is 16.3 Å². The first-order valence-electron chi connectivity index (χ1n) is 8.36. The predicted molar refractivity (Wildman–Crippen MR) is 90.6 cm³/mol. The van der Waals surface area contributed by atoms with Gasteiger partial charge in [0, 0.05) is 23.3 Å². The van der Waals surface area contributed by atoms with Crippen molar-refractivity contribution >= 4 is 23.2 Å². The molecule has 0 saturated heterocycles. The lowest BCUT2D eigenvalue weighted by Gasteiger charge is -2.28. The number of hydrogen-bond acceptors (Lipinski definition) is 6. The summed E-state index contributed by atoms with van der Waals surface area (Å²) in [4.78, 5) is 32.1. The Morgan fingerprint density at radius 1 is 1.40 bits per heavy atom. The second kappa shape index (κ2) is 6.61. The number of esters is 1. The van der Waals surface area contributed by atoms with Gasteiger partial charge < -0.3 is 18.9 Å². The van der Waals surface area contributed by atoms with Crippen LogP contribution in [0, 0.1) is 0 Å². The van der Waals surface area contributed by atoms with Crippen LogP contribution in [0.1, 0.15) is 44.0 Å². The molecule has 0 aromatic carbocycles. The molecule has 0 saturated carbocycles. The van der Waals surface area contributed by atoms with Crippen LogP contribution in [0.5, 0.6) is 0 Å². The number of imidazole rings is 1. The molecule has 0 aliphatic carbocycles. The van der Waals surface area contributed by atoms with E-state index < -0.39 is 0 Å². The van der Waals surface area contributed by atoms with Gasteiger partial charge in [0.05, 0.1) is 31.5 Å². The highest BCUT2D eigenvalue weighted by molar-refractivity contribution is 7.10. The first kappa shape index (κ1) is 16.3. The van der Waals surface area contributed by atoms with Crippen LogP contribution in [-0.4, -0.2) is 46.1 Å². The van der Waals surface area contributed by atoms with Gasteiger partial charge in [-0.05, 0) is 18.9 Å². The maximum atomic E-state index is 12.9. The van der Waals surface area contributed by atoms with Crippen molar-refractivity contribution in [2.75, 3.05) is 19.8 Å². The molecular weight excluding hydrogens is 342 g/mol. The summed E-state index contributed by atoms with van der Waals surface area (Å²) in [6.07, 6.45) is 2.31. The van der Waals surface area contributed by atoms with Crippen molar-refractivity contribution < 1.29 is 19.1 Å². The van der Waals surface area contributed by atoms with Crippen molar-refractivity contribution in [2.24, 2.45) is 0 Å². The molecule has 25 heavy (non-hydrogen) atoms. The second-order valence-electron chi connectivity index (χ2n) is 6.01. The van der Waals surface area contributed by atoms with Crippen molar-refractivity contribution in [1.82, 2.24) is 14.5 Å². The minimum atomic E-state index is -0.273. The molecule has 2 aliphatic rings. The fraction of sp³-hybridized carbons (Fsp3) is 0.471. The van der Waals surface area contributed by atoms with Gasteiger partial charge in [-0.15, -0.1) is 11.3 Å². The number of hydrogen-bond donors (Lipinski definition) is 0. The largest absolute Gasteiger partial charge is 0.462 e. The summed E-state index contributed by atoms with van der Waals surface area (Å²) in [6.45, 7) is 4.98. The van der Waals surface area contributed by atoms with Gasteiger partial charge in [-0.3, -0.25) is 4.79 Å². The smallest absolute Gasteiger partial charge is 0.339 e. The molecule has 0 unspecified atom stereocenters. The highest BCUT2D eigenvalue weighted by atomic mass is 32.1. The summed E-state index contributed by atoms with van der Waals surface area (Å²) in [7, 11) is 0. The van der Waals surface area contributed by atoms with Crippen LogP contribution in [-0.2, 0) is 35.6 Å². The number of carbonyl (C=O) groups excluding carboxylic acids is 2. The summed E-state index contributed by atoms with van der Waals surface area (Å²) in [6, 6.07) is 0. The average molecular weight is 361 g/mol. The molecule has 2 aliphatic heterocycles. The van der Waals surface area contributed by atoms with Gasteiger partial charge in [0.1, 0.15) is 18.1 Å². The molecule has 0 fully saturated rings. The Morgan fingerprint density at radius 3 is 3.12 bits per heavy atom. The summed E-state index contributed by atoms with van der Waals surface area (Å²) >= 11 is 1.52. The zero-order valence-corrected chi connectivity index (χ0v) is 14.8. The molecule has 0 N–H and O–H groups in total. The van der Waals surface area contributed by atoms with E-state index in [1.165, 1.54) is 11.3 Å². The van der Waals surface area contributed by atoms with E-state index in [1.54, 1.807) is 13.1 Å². The lowest BCUT2D eigenvalue weighted by molar-refractivity contribution is 0.0525. The number of fused-ring (bicyclic) bond motifs is 2. The zero-order valence-electron chi connectivity index (χ0n) is 14.0. The molecule has 4 heterocycles. The maximum Gasteiger partial charge on any atom is 0.339 e. The third kappa shape index (κ3) is 2.85. The van der Waals surface area contributed by atoms with Crippen LogP contribution in [0.2, 0.25) is 0 Å². The van der Waals surface area contributed by atoms with Crippen molar-refractivity contribution in [2.45, 2.75) is 33.0 Å². The molecule has 7 nitrogen and oxygen atoms in total. The molecule has 0 bridgehead atoms. The summed E-state index contributed by atoms with van der Waals surface area (Å²) in [5, 5.41) is 1.84. The lowest BCUT2D eigenvalue weighted by atomic mass is 10.0. The predicted octanol–water partition coefficient (Wildman–Crippen LogP) is 1.85. The van der Waals surface area contributed by atoms with E-state index in [1.807, 2.05) is 14.8 Å². The van der Waals surface area contributed by atoms with E-state index in [-0.39, 0.29) is 11.9 Å². The van der Waals surface area contributed by atoms with Gasteiger partial charge in [-0.2, -0.15) is 0 Å². The van der Waals surface area contributed by atoms with Crippen molar-refractivity contribution in [3.8, 4) is 0 Å². The molecule has 4 rings (SSSR count). The van der Waals surface area contributed by atoms with Crippen LogP contribution >= 0.6 is 11.3 Å². The molecule has 0 spiro atoms. The molecular formula is C17H19N3O4S. The first-order valence-corrected chi connectivity index (χ1v) is 9.24. The Bertz CT molecular complexity index is 826. The maximum absolute atomic E-state index is 12.9. The van der Waals surface area contributed by atoms with Crippen LogP contribution in [0.15, 0.2) is 11.6 Å². The number of ether oxygens (including phenoxy) is 2. The van der Waals surface area contributed by atoms with Crippen LogP contribution < -0.4 is 0 Å². The molecule has 2 aromatic heterocycles. The number of amides is 1. The minimum Gasteiger partial charge on any atom is -0.462 e. The van der Waals surface area contributed by atoms with Gasteiger partial charge in [0.15, 0.2) is 0 Å². The van der Waals surface area contributed by atoms with Gasteiger partial charge in [-0.1, -0.05) is 0 Å². The fourth-order valence-corrected chi connectivity index (χ4v) is 4.40. The third-order valence-corrected chi connectivity index (χ3v) is 5.59. The molecule has 8 heteroatoms. The number of thiophene rings is 1. The van der Waals surface area contributed by atoms with Gasteiger partial charge in [0.2, 0.25) is 0 Å². The zero-order chi connectivity index (χ0) is 17.4. The number of rotatable bonds is 3. The molecule has 132 valence electrons. The summed E-state index contributed by atoms with van der Waals surface area (Å²) in [5.74, 6) is 0.509. The highest BCUT2D eigenvalue weighted by Crippen LogP contribution is 2.30. The standard InChI is InChI=1S/C17H19N3O4S/c1-2-24-17(22)12-10-25-14-8-19(4-3-11(12)14)16(21)13-7-18-15-9-23-6-5-20(13)15/h7,10H,2-6,8-9H2,1H3. The first-order chi connectivity index (χ1) is 12.2. The topological polar surface area (TPSA) is 73.7 Å². The van der Waals surface area contributed by atoms with E-state index in [4.69, 9.17) is 9.47 Å². The van der Waals surface area contributed by atoms with E-state index >= 15 is 0 Å². The van der Waals surface area contributed by atoms with E-state index in [9.17, 15) is 9.59 Å². The number of carbonyl (C=O) groups is 2. The SMILES string of the molecule is CCOC(=O)c1csc2c1CCN(C(=O)c1cnc3n1CCOC3)C2. The van der Waals surface area contributed by atoms with Crippen LogP contribution in [0.4, 0.5) is 0 Å². The van der Waals surface area contributed by atoms with Gasteiger partial charge >= 0.3 is 5.97 Å². The normalized spacial score (nSPS) is 16.3. The fourth-order valence-electron chi connectivity index (χ4n) is 3.31. The number of nitrogens with zero attached hydrogens (tertiary/aromatic N) is 3. The average Bonchev–Trinajstić information content (AvgIpc) is 3.25. The monoisotopic (exact) mass is 361 g/mol.